The van der Waals surface area contributed by atoms with Gasteiger partial charge >= 0.3 is 0 Å². The Balaban J connectivity index is 1.41. The Bertz CT molecular complexity index is 817. The predicted octanol–water partition coefficient (Wildman–Crippen LogP) is 4.41. The molecule has 5 heteroatoms. The summed E-state index contributed by atoms with van der Waals surface area (Å²) in [6.45, 7) is 6.95. The van der Waals surface area contributed by atoms with Crippen LogP contribution in [0, 0.1) is 40.4 Å². The molecular weight excluding hydrogens is 362 g/mol. The highest BCUT2D eigenvalue weighted by molar-refractivity contribution is 5.96. The van der Waals surface area contributed by atoms with Crippen molar-refractivity contribution in [2.45, 2.75) is 84.2 Å². The van der Waals surface area contributed by atoms with Crippen LogP contribution in [0.4, 0.5) is 0 Å². The van der Waals surface area contributed by atoms with Crippen LogP contribution in [-0.4, -0.2) is 31.5 Å². The van der Waals surface area contributed by atoms with Crippen LogP contribution in [0.15, 0.2) is 6.20 Å². The Labute approximate surface area is 174 Å². The summed E-state index contributed by atoms with van der Waals surface area (Å²) in [6, 6.07) is 0. The number of hydrogen-bond acceptors (Lipinski definition) is 4. The first-order valence-electron chi connectivity index (χ1n) is 11.8. The van der Waals surface area contributed by atoms with Crippen LogP contribution in [0.2, 0.25) is 0 Å². The van der Waals surface area contributed by atoms with Gasteiger partial charge in [-0.15, -0.1) is 0 Å². The van der Waals surface area contributed by atoms with Gasteiger partial charge in [-0.2, -0.15) is 15.0 Å². The van der Waals surface area contributed by atoms with Gasteiger partial charge in [-0.3, -0.25) is 4.79 Å². The van der Waals surface area contributed by atoms with Gasteiger partial charge in [0.25, 0.3) is 0 Å². The van der Waals surface area contributed by atoms with Gasteiger partial charge in [0.15, 0.2) is 5.78 Å². The fourth-order valence-electron chi connectivity index (χ4n) is 8.56. The summed E-state index contributed by atoms with van der Waals surface area (Å²) in [7, 11) is 1.78. The maximum absolute atomic E-state index is 13.4. The van der Waals surface area contributed by atoms with Gasteiger partial charge in [-0.1, -0.05) is 13.8 Å². The van der Waals surface area contributed by atoms with E-state index in [9.17, 15) is 9.90 Å². The van der Waals surface area contributed by atoms with Crippen LogP contribution in [0.3, 0.4) is 0 Å². The van der Waals surface area contributed by atoms with Gasteiger partial charge in [0.05, 0.1) is 11.8 Å². The lowest BCUT2D eigenvalue weighted by atomic mass is 9.43. The number of aromatic nitrogens is 3. The molecule has 1 heterocycles. The summed E-state index contributed by atoms with van der Waals surface area (Å²) >= 11 is 0. The van der Waals surface area contributed by atoms with Crippen molar-refractivity contribution < 1.29 is 9.90 Å². The van der Waals surface area contributed by atoms with Crippen molar-refractivity contribution in [3.8, 4) is 0 Å². The second kappa shape index (κ2) is 6.38. The summed E-state index contributed by atoms with van der Waals surface area (Å²) in [6.07, 6.45) is 11.9. The first-order chi connectivity index (χ1) is 13.6. The fraction of sp³-hybridized carbons (Fsp3) is 0.875. The van der Waals surface area contributed by atoms with E-state index in [2.05, 4.69) is 24.0 Å². The van der Waals surface area contributed by atoms with Crippen molar-refractivity contribution in [2.24, 2.45) is 47.5 Å². The number of carbonyl (C=O) groups excluding carboxylic acids is 1. The predicted molar refractivity (Wildman–Crippen MR) is 111 cm³/mol. The number of Topliss-reactive ketones (excluding diaryl/α,β-unsaturated/α-hetero) is 1. The molecular formula is C24H37N3O2. The third-order valence-corrected chi connectivity index (χ3v) is 10.2. The number of ketones is 1. The number of aliphatic hydroxyl groups is 1. The molecule has 160 valence electrons. The van der Waals surface area contributed by atoms with E-state index in [0.717, 1.165) is 49.9 Å². The van der Waals surface area contributed by atoms with Crippen molar-refractivity contribution in [3.63, 3.8) is 0 Å². The van der Waals surface area contributed by atoms with Crippen molar-refractivity contribution in [1.82, 2.24) is 15.0 Å². The molecule has 0 aliphatic heterocycles. The number of carbonyl (C=O) groups is 1. The quantitative estimate of drug-likeness (QED) is 0.748. The van der Waals surface area contributed by atoms with Crippen molar-refractivity contribution >= 4 is 5.78 Å². The summed E-state index contributed by atoms with van der Waals surface area (Å²) in [5.74, 6) is 3.29. The molecule has 0 radical (unpaired) electrons. The highest BCUT2D eigenvalue weighted by Crippen LogP contribution is 2.70. The van der Waals surface area contributed by atoms with Gasteiger partial charge in [0.2, 0.25) is 0 Å². The van der Waals surface area contributed by atoms with E-state index in [1.165, 1.54) is 30.5 Å². The van der Waals surface area contributed by atoms with Crippen molar-refractivity contribution in [3.05, 3.63) is 11.9 Å². The molecule has 0 spiro atoms. The molecule has 8 atom stereocenters. The number of fused-ring (bicyclic) bond motifs is 5. The van der Waals surface area contributed by atoms with Gasteiger partial charge in [0, 0.05) is 13.0 Å². The maximum atomic E-state index is 13.4. The Morgan fingerprint density at radius 2 is 1.76 bits per heavy atom. The lowest BCUT2D eigenvalue weighted by Gasteiger charge is -2.61. The third kappa shape index (κ3) is 2.79. The summed E-state index contributed by atoms with van der Waals surface area (Å²) in [4.78, 5) is 14.9. The van der Waals surface area contributed by atoms with Crippen LogP contribution in [0.1, 0.15) is 89.0 Å². The molecule has 4 aliphatic rings. The van der Waals surface area contributed by atoms with Gasteiger partial charge in [-0.05, 0) is 99.2 Å². The average molecular weight is 400 g/mol. The Hall–Kier alpha value is -1.23. The standard InChI is InChI=1S/C24H37N3O2/c1-22(29)10-7-16-15(13-22)5-6-18-17(16)8-11-24(3)19(9-12-23(18,24)2)21(28)20-14-25-27(4)26-20/h14-19,29H,5-13H2,1-4H3/t15-,16+,17-,18-,19-,22-,23+,24-/m1/s1. The zero-order chi connectivity index (χ0) is 20.6. The molecule has 4 fully saturated rings. The fourth-order valence-corrected chi connectivity index (χ4v) is 8.56. The highest BCUT2D eigenvalue weighted by atomic mass is 16.3. The van der Waals surface area contributed by atoms with Crippen LogP contribution in [0.25, 0.3) is 0 Å². The molecule has 5 rings (SSSR count). The SMILES string of the molecule is Cn1ncc(C(=O)[C@H]2CC[C@@]3(C)[C@@H]4CC[C@@H]5C[C@](C)(O)CC[C@@H]5[C@H]4CC[C@]23C)n1. The lowest BCUT2D eigenvalue weighted by Crippen LogP contribution is -2.55. The highest BCUT2D eigenvalue weighted by Gasteiger charge is 2.64. The molecule has 5 nitrogen and oxygen atoms in total. The molecule has 1 N–H and O–H groups in total. The van der Waals surface area contributed by atoms with E-state index in [0.29, 0.717) is 11.6 Å². The molecule has 1 aromatic heterocycles. The second-order valence-electron chi connectivity index (χ2n) is 11.6. The van der Waals surface area contributed by atoms with Gasteiger partial charge in [0.1, 0.15) is 5.69 Å². The molecule has 0 aromatic carbocycles. The Morgan fingerprint density at radius 1 is 1.03 bits per heavy atom. The monoisotopic (exact) mass is 399 g/mol. The lowest BCUT2D eigenvalue weighted by molar-refractivity contribution is -0.133. The Kier molecular flexibility index (Phi) is 4.34. The van der Waals surface area contributed by atoms with Crippen LogP contribution < -0.4 is 0 Å². The smallest absolute Gasteiger partial charge is 0.188 e. The average Bonchev–Trinajstić information content (AvgIpc) is 3.21. The Morgan fingerprint density at radius 3 is 2.48 bits per heavy atom. The summed E-state index contributed by atoms with van der Waals surface area (Å²) < 4.78 is 0. The largest absolute Gasteiger partial charge is 0.390 e. The van der Waals surface area contributed by atoms with E-state index < -0.39 is 5.60 Å². The van der Waals surface area contributed by atoms with E-state index in [-0.39, 0.29) is 22.5 Å². The number of hydrogen-bond donors (Lipinski definition) is 1. The van der Waals surface area contributed by atoms with Crippen molar-refractivity contribution in [1.29, 1.82) is 0 Å². The minimum absolute atomic E-state index is 0.0652. The van der Waals surface area contributed by atoms with Crippen LogP contribution >= 0.6 is 0 Å². The molecule has 0 bridgehead atoms. The molecule has 4 aliphatic carbocycles. The first kappa shape index (κ1) is 19.7. The number of rotatable bonds is 2. The third-order valence-electron chi connectivity index (χ3n) is 10.2. The van der Waals surface area contributed by atoms with Gasteiger partial charge in [-0.25, -0.2) is 0 Å². The summed E-state index contributed by atoms with van der Waals surface area (Å²) in [5.41, 5.74) is 0.394. The zero-order valence-corrected chi connectivity index (χ0v) is 18.5. The van der Waals surface area contributed by atoms with E-state index >= 15 is 0 Å². The maximum Gasteiger partial charge on any atom is 0.188 e. The number of aryl methyl sites for hydroxylation is 1. The normalized spacial score (nSPS) is 49.2. The second-order valence-corrected chi connectivity index (χ2v) is 11.6. The molecule has 29 heavy (non-hydrogen) atoms. The van der Waals surface area contributed by atoms with E-state index in [1.807, 2.05) is 6.92 Å². The number of nitrogens with zero attached hydrogens (tertiary/aromatic N) is 3. The molecule has 0 saturated heterocycles. The van der Waals surface area contributed by atoms with Gasteiger partial charge < -0.3 is 5.11 Å². The minimum atomic E-state index is -0.456. The summed E-state index contributed by atoms with van der Waals surface area (Å²) in [5, 5.41) is 19.1. The first-order valence-corrected chi connectivity index (χ1v) is 11.8. The molecule has 0 unspecified atom stereocenters. The molecule has 4 saturated carbocycles. The van der Waals surface area contributed by atoms with E-state index in [4.69, 9.17) is 0 Å². The topological polar surface area (TPSA) is 68.0 Å². The molecule has 0 amide bonds. The zero-order valence-electron chi connectivity index (χ0n) is 18.5. The van der Waals surface area contributed by atoms with Crippen molar-refractivity contribution in [2.75, 3.05) is 0 Å². The van der Waals surface area contributed by atoms with E-state index in [1.54, 1.807) is 13.2 Å². The van der Waals surface area contributed by atoms with Crippen LogP contribution in [-0.2, 0) is 7.05 Å². The van der Waals surface area contributed by atoms with Crippen LogP contribution in [0.5, 0.6) is 0 Å². The molecule has 1 aromatic rings. The minimum Gasteiger partial charge on any atom is -0.390 e.